The lowest BCUT2D eigenvalue weighted by molar-refractivity contribution is -0.136. The standard InChI is InChI=1S/C24H29N5O4/c1-16-9-7-8-12-19(16)33-15-18(30)14-29-20-21(27(2)24(32)28(3)22(20)31)26-23(29)25-13-17-10-5-4-6-11-17/h4-12,18,20-21,30H,13-15H2,1-3H3,(H,25,26). The number of carbonyl (C=O) groups is 2. The van der Waals surface area contributed by atoms with Crippen molar-refractivity contribution in [1.29, 1.82) is 0 Å². The van der Waals surface area contributed by atoms with Crippen LogP contribution in [0.25, 0.3) is 0 Å². The van der Waals surface area contributed by atoms with Crippen molar-refractivity contribution >= 4 is 17.9 Å². The largest absolute Gasteiger partial charge is 0.491 e. The third kappa shape index (κ3) is 4.63. The van der Waals surface area contributed by atoms with Crippen molar-refractivity contribution in [3.8, 4) is 5.75 Å². The number of carbonyl (C=O) groups excluding carboxylic acids is 2. The van der Waals surface area contributed by atoms with Gasteiger partial charge in [-0.15, -0.1) is 0 Å². The van der Waals surface area contributed by atoms with Crippen LogP contribution in [0.1, 0.15) is 11.1 Å². The van der Waals surface area contributed by atoms with Crippen LogP contribution < -0.4 is 10.1 Å². The van der Waals surface area contributed by atoms with Gasteiger partial charge >= 0.3 is 6.03 Å². The first-order valence-electron chi connectivity index (χ1n) is 10.9. The maximum atomic E-state index is 13.0. The highest BCUT2D eigenvalue weighted by Crippen LogP contribution is 2.25. The fourth-order valence-corrected chi connectivity index (χ4v) is 4.09. The van der Waals surface area contributed by atoms with Crippen LogP contribution in [-0.2, 0) is 11.3 Å². The van der Waals surface area contributed by atoms with Crippen LogP contribution in [-0.4, -0.2) is 83.3 Å². The molecule has 3 unspecified atom stereocenters. The maximum absolute atomic E-state index is 13.0. The van der Waals surface area contributed by atoms with Gasteiger partial charge in [0.05, 0.1) is 13.1 Å². The first-order chi connectivity index (χ1) is 15.9. The lowest BCUT2D eigenvalue weighted by Crippen LogP contribution is -2.65. The smallest absolute Gasteiger partial charge is 0.327 e. The van der Waals surface area contributed by atoms with E-state index in [1.807, 2.05) is 61.5 Å². The zero-order valence-electron chi connectivity index (χ0n) is 19.0. The molecule has 2 aliphatic rings. The molecular weight excluding hydrogens is 422 g/mol. The van der Waals surface area contributed by atoms with Crippen LogP contribution in [0.5, 0.6) is 5.75 Å². The molecule has 4 rings (SSSR count). The van der Waals surface area contributed by atoms with E-state index in [2.05, 4.69) is 10.3 Å². The summed E-state index contributed by atoms with van der Waals surface area (Å²) in [5.74, 6) is 0.824. The SMILES string of the molecule is Cc1ccccc1OCC(O)CN1C(=NCc2ccccc2)NC2C1C(=O)N(C)C(=O)N2C. The molecule has 2 heterocycles. The number of β-amino-alcohol motifs (C(OH)–C–C–N with tert-alkyl or cyclic N) is 1. The quantitative estimate of drug-likeness (QED) is 0.661. The van der Waals surface area contributed by atoms with Crippen LogP contribution in [0, 0.1) is 6.92 Å². The van der Waals surface area contributed by atoms with Crippen LogP contribution >= 0.6 is 0 Å². The number of benzene rings is 2. The number of likely N-dealkylation sites (N-methyl/N-ethyl adjacent to an activating group) is 2. The van der Waals surface area contributed by atoms with E-state index in [1.54, 1.807) is 11.9 Å². The zero-order valence-corrected chi connectivity index (χ0v) is 19.0. The molecule has 174 valence electrons. The Morgan fingerprint density at radius 1 is 1.09 bits per heavy atom. The number of aryl methyl sites for hydroxylation is 1. The van der Waals surface area contributed by atoms with Crippen molar-refractivity contribution in [3.05, 3.63) is 65.7 Å². The molecule has 0 aliphatic carbocycles. The van der Waals surface area contributed by atoms with Crippen molar-refractivity contribution in [3.63, 3.8) is 0 Å². The third-order valence-corrected chi connectivity index (χ3v) is 5.96. The highest BCUT2D eigenvalue weighted by atomic mass is 16.5. The minimum absolute atomic E-state index is 0.0590. The summed E-state index contributed by atoms with van der Waals surface area (Å²) in [5.41, 5.74) is 1.99. The van der Waals surface area contributed by atoms with E-state index < -0.39 is 18.3 Å². The predicted octanol–water partition coefficient (Wildman–Crippen LogP) is 1.41. The molecule has 33 heavy (non-hydrogen) atoms. The first-order valence-corrected chi connectivity index (χ1v) is 10.9. The molecule has 2 fully saturated rings. The Labute approximate surface area is 193 Å². The van der Waals surface area contributed by atoms with Gasteiger partial charge in [0.25, 0.3) is 5.91 Å². The van der Waals surface area contributed by atoms with Gasteiger partial charge in [0.15, 0.2) is 12.0 Å². The number of hydrogen-bond donors (Lipinski definition) is 2. The second kappa shape index (κ2) is 9.50. The summed E-state index contributed by atoms with van der Waals surface area (Å²) < 4.78 is 5.80. The average Bonchev–Trinajstić information content (AvgIpc) is 3.18. The molecule has 2 aromatic rings. The van der Waals surface area contributed by atoms with Gasteiger partial charge in [-0.2, -0.15) is 0 Å². The molecule has 2 aliphatic heterocycles. The number of nitrogens with one attached hydrogen (secondary N) is 1. The van der Waals surface area contributed by atoms with Gasteiger partial charge < -0.3 is 25.0 Å². The van der Waals surface area contributed by atoms with E-state index in [1.165, 1.54) is 11.9 Å². The molecule has 0 saturated carbocycles. The van der Waals surface area contributed by atoms with Crippen LogP contribution in [0.4, 0.5) is 4.79 Å². The summed E-state index contributed by atoms with van der Waals surface area (Å²) in [5, 5.41) is 14.0. The van der Waals surface area contributed by atoms with Gasteiger partial charge in [-0.05, 0) is 24.1 Å². The molecule has 3 amide bonds. The van der Waals surface area contributed by atoms with Crippen molar-refractivity contribution < 1.29 is 19.4 Å². The van der Waals surface area contributed by atoms with Crippen LogP contribution in [0.15, 0.2) is 59.6 Å². The number of fused-ring (bicyclic) bond motifs is 1. The maximum Gasteiger partial charge on any atom is 0.327 e. The minimum atomic E-state index is -0.881. The number of nitrogens with zero attached hydrogens (tertiary/aromatic N) is 4. The van der Waals surface area contributed by atoms with Crippen molar-refractivity contribution in [1.82, 2.24) is 20.0 Å². The third-order valence-electron chi connectivity index (χ3n) is 5.96. The Morgan fingerprint density at radius 3 is 2.52 bits per heavy atom. The fourth-order valence-electron chi connectivity index (χ4n) is 4.09. The zero-order chi connectivity index (χ0) is 23.5. The average molecular weight is 452 g/mol. The number of aliphatic imine (C=N–C) groups is 1. The predicted molar refractivity (Wildman–Crippen MR) is 124 cm³/mol. The van der Waals surface area contributed by atoms with E-state index in [0.717, 1.165) is 16.0 Å². The van der Waals surface area contributed by atoms with E-state index in [4.69, 9.17) is 4.74 Å². The van der Waals surface area contributed by atoms with Gasteiger partial charge in [0, 0.05) is 14.1 Å². The number of imide groups is 1. The van der Waals surface area contributed by atoms with E-state index in [-0.39, 0.29) is 25.1 Å². The van der Waals surface area contributed by atoms with Gasteiger partial charge in [-0.1, -0.05) is 48.5 Å². The number of aliphatic hydroxyl groups is 1. The summed E-state index contributed by atoms with van der Waals surface area (Å²) in [4.78, 5) is 34.5. The lowest BCUT2D eigenvalue weighted by Gasteiger charge is -2.39. The molecule has 3 atom stereocenters. The molecule has 2 N–H and O–H groups in total. The molecule has 0 aromatic heterocycles. The van der Waals surface area contributed by atoms with Crippen molar-refractivity contribution in [2.75, 3.05) is 27.2 Å². The second-order valence-electron chi connectivity index (χ2n) is 8.33. The summed E-state index contributed by atoms with van der Waals surface area (Å²) in [6, 6.07) is 16.3. The Hall–Kier alpha value is -3.59. The summed E-state index contributed by atoms with van der Waals surface area (Å²) in [7, 11) is 3.11. The number of para-hydroxylation sites is 1. The number of hydrogen-bond acceptors (Lipinski definition) is 5. The number of aliphatic hydroxyl groups excluding tert-OH is 1. The Kier molecular flexibility index (Phi) is 6.50. The molecule has 0 bridgehead atoms. The Bertz CT molecular complexity index is 1040. The summed E-state index contributed by atoms with van der Waals surface area (Å²) in [6.45, 7) is 2.52. The highest BCUT2D eigenvalue weighted by molar-refractivity contribution is 6.04. The van der Waals surface area contributed by atoms with Gasteiger partial charge in [0.2, 0.25) is 0 Å². The van der Waals surface area contributed by atoms with E-state index in [9.17, 15) is 14.7 Å². The molecule has 9 heteroatoms. The van der Waals surface area contributed by atoms with Gasteiger partial charge in [-0.3, -0.25) is 9.69 Å². The Balaban J connectivity index is 1.54. The van der Waals surface area contributed by atoms with Crippen molar-refractivity contribution in [2.45, 2.75) is 31.8 Å². The van der Waals surface area contributed by atoms with Crippen LogP contribution in [0.3, 0.4) is 0 Å². The fraction of sp³-hybridized carbons (Fsp3) is 0.375. The number of amides is 3. The van der Waals surface area contributed by atoms with E-state index >= 15 is 0 Å². The first kappa shape index (κ1) is 22.6. The number of ether oxygens (including phenoxy) is 1. The topological polar surface area (TPSA) is 97.7 Å². The van der Waals surface area contributed by atoms with Crippen molar-refractivity contribution in [2.24, 2.45) is 4.99 Å². The number of rotatable bonds is 7. The lowest BCUT2D eigenvalue weighted by atomic mass is 10.1. The molecule has 2 saturated heterocycles. The molecular formula is C24H29N5O4. The van der Waals surface area contributed by atoms with Gasteiger partial charge in [-0.25, -0.2) is 9.79 Å². The summed E-state index contributed by atoms with van der Waals surface area (Å²) >= 11 is 0. The summed E-state index contributed by atoms with van der Waals surface area (Å²) in [6.07, 6.45) is -1.45. The Morgan fingerprint density at radius 2 is 1.79 bits per heavy atom. The molecule has 2 aromatic carbocycles. The minimum Gasteiger partial charge on any atom is -0.491 e. The molecule has 0 radical (unpaired) electrons. The number of urea groups is 1. The second-order valence-corrected chi connectivity index (χ2v) is 8.33. The molecule has 9 nitrogen and oxygen atoms in total. The van der Waals surface area contributed by atoms with Gasteiger partial charge in [0.1, 0.15) is 24.6 Å². The number of guanidine groups is 1. The highest BCUT2D eigenvalue weighted by Gasteiger charge is 2.52. The monoisotopic (exact) mass is 451 g/mol. The molecule has 0 spiro atoms. The van der Waals surface area contributed by atoms with E-state index in [0.29, 0.717) is 18.3 Å². The normalized spacial score (nSPS) is 22.4. The van der Waals surface area contributed by atoms with Crippen LogP contribution in [0.2, 0.25) is 0 Å².